The molecule has 1 aliphatic rings. The molecule has 1 fully saturated rings. The highest BCUT2D eigenvalue weighted by atomic mass is 79.9. The number of thiazole rings is 1. The van der Waals surface area contributed by atoms with Crippen molar-refractivity contribution in [2.75, 3.05) is 13.2 Å². The second kappa shape index (κ2) is 3.74. The van der Waals surface area contributed by atoms with E-state index < -0.39 is 0 Å². The molecule has 0 N–H and O–H groups in total. The lowest BCUT2D eigenvalue weighted by atomic mass is 10.1. The van der Waals surface area contributed by atoms with Gasteiger partial charge in [0, 0.05) is 12.5 Å². The lowest BCUT2D eigenvalue weighted by Gasteiger charge is -1.99. The topological polar surface area (TPSA) is 22.1 Å². The van der Waals surface area contributed by atoms with E-state index in [0.29, 0.717) is 5.92 Å². The molecule has 66 valence electrons. The van der Waals surface area contributed by atoms with Crippen molar-refractivity contribution in [3.05, 3.63) is 13.4 Å². The minimum Gasteiger partial charge on any atom is -0.381 e. The maximum absolute atomic E-state index is 5.30. The van der Waals surface area contributed by atoms with Crippen LogP contribution in [0.15, 0.2) is 8.39 Å². The molecule has 1 saturated heterocycles. The average Bonchev–Trinajstić information content (AvgIpc) is 2.61. The van der Waals surface area contributed by atoms with Crippen molar-refractivity contribution >= 4 is 43.2 Å². The summed E-state index contributed by atoms with van der Waals surface area (Å²) in [6, 6.07) is 0. The molecule has 12 heavy (non-hydrogen) atoms. The van der Waals surface area contributed by atoms with Crippen molar-refractivity contribution in [2.45, 2.75) is 12.3 Å². The number of rotatable bonds is 1. The van der Waals surface area contributed by atoms with Gasteiger partial charge in [0.15, 0.2) is 0 Å². The first-order chi connectivity index (χ1) is 5.77. The number of ether oxygens (including phenoxy) is 1. The molecule has 1 aromatic rings. The van der Waals surface area contributed by atoms with E-state index in [1.165, 1.54) is 5.01 Å². The standard InChI is InChI=1S/C7H7Br2NOS/c8-5-6(9)12-7(10-5)4-1-2-11-3-4/h4H,1-3H2. The predicted octanol–water partition coefficient (Wildman–Crippen LogP) is 3.17. The zero-order valence-corrected chi connectivity index (χ0v) is 10.2. The molecule has 5 heteroatoms. The largest absolute Gasteiger partial charge is 0.381 e. The summed E-state index contributed by atoms with van der Waals surface area (Å²) in [5.74, 6) is 0.512. The van der Waals surface area contributed by atoms with Crippen molar-refractivity contribution in [3.63, 3.8) is 0 Å². The van der Waals surface area contributed by atoms with Gasteiger partial charge < -0.3 is 4.74 Å². The molecular weight excluding hydrogens is 306 g/mol. The summed E-state index contributed by atoms with van der Waals surface area (Å²) in [4.78, 5) is 4.40. The van der Waals surface area contributed by atoms with E-state index in [9.17, 15) is 0 Å². The third kappa shape index (κ3) is 1.73. The Balaban J connectivity index is 2.21. The molecule has 0 radical (unpaired) electrons. The first-order valence-corrected chi connectivity index (χ1v) is 6.07. The van der Waals surface area contributed by atoms with Crippen LogP contribution in [-0.4, -0.2) is 18.2 Å². The van der Waals surface area contributed by atoms with Gasteiger partial charge in [-0.25, -0.2) is 4.98 Å². The Labute approximate surface area is 91.6 Å². The average molecular weight is 313 g/mol. The maximum Gasteiger partial charge on any atom is 0.131 e. The molecule has 0 bridgehead atoms. The number of hydrogen-bond acceptors (Lipinski definition) is 3. The van der Waals surface area contributed by atoms with Crippen molar-refractivity contribution in [2.24, 2.45) is 0 Å². The molecule has 2 rings (SSSR count). The molecule has 1 unspecified atom stereocenters. The van der Waals surface area contributed by atoms with Crippen LogP contribution in [-0.2, 0) is 4.74 Å². The van der Waals surface area contributed by atoms with Gasteiger partial charge in [-0.15, -0.1) is 11.3 Å². The number of nitrogens with zero attached hydrogens (tertiary/aromatic N) is 1. The Morgan fingerprint density at radius 2 is 2.33 bits per heavy atom. The molecule has 0 spiro atoms. The maximum atomic E-state index is 5.30. The highest BCUT2D eigenvalue weighted by molar-refractivity contribution is 9.13. The van der Waals surface area contributed by atoms with Gasteiger partial charge in [-0.2, -0.15) is 0 Å². The molecule has 1 aliphatic heterocycles. The second-order valence-electron chi connectivity index (χ2n) is 2.68. The SMILES string of the molecule is Brc1nc(C2CCOC2)sc1Br. The van der Waals surface area contributed by atoms with Crippen LogP contribution in [0.2, 0.25) is 0 Å². The van der Waals surface area contributed by atoms with Gasteiger partial charge in [-0.05, 0) is 38.3 Å². The van der Waals surface area contributed by atoms with E-state index in [2.05, 4.69) is 36.8 Å². The predicted molar refractivity (Wildman–Crippen MR) is 55.7 cm³/mol. The van der Waals surface area contributed by atoms with Crippen molar-refractivity contribution in [1.82, 2.24) is 4.98 Å². The van der Waals surface area contributed by atoms with Crippen molar-refractivity contribution in [3.8, 4) is 0 Å². The van der Waals surface area contributed by atoms with Gasteiger partial charge in [-0.3, -0.25) is 0 Å². The number of halogens is 2. The lowest BCUT2D eigenvalue weighted by Crippen LogP contribution is -1.95. The van der Waals surface area contributed by atoms with Crippen LogP contribution in [0.5, 0.6) is 0 Å². The summed E-state index contributed by atoms with van der Waals surface area (Å²) in [6.45, 7) is 1.70. The van der Waals surface area contributed by atoms with Gasteiger partial charge in [0.1, 0.15) is 13.4 Å². The fourth-order valence-corrected chi connectivity index (χ4v) is 3.14. The van der Waals surface area contributed by atoms with Crippen LogP contribution in [0.1, 0.15) is 17.3 Å². The smallest absolute Gasteiger partial charge is 0.131 e. The van der Waals surface area contributed by atoms with E-state index in [0.717, 1.165) is 28.0 Å². The van der Waals surface area contributed by atoms with Gasteiger partial charge in [-0.1, -0.05) is 0 Å². The summed E-state index contributed by atoms with van der Waals surface area (Å²) in [6.07, 6.45) is 1.10. The minimum absolute atomic E-state index is 0.512. The molecule has 1 atom stereocenters. The van der Waals surface area contributed by atoms with Crippen LogP contribution in [0, 0.1) is 0 Å². The van der Waals surface area contributed by atoms with E-state index in [1.54, 1.807) is 11.3 Å². The van der Waals surface area contributed by atoms with Crippen LogP contribution < -0.4 is 0 Å². The lowest BCUT2D eigenvalue weighted by molar-refractivity contribution is 0.194. The van der Waals surface area contributed by atoms with E-state index in [-0.39, 0.29) is 0 Å². The van der Waals surface area contributed by atoms with E-state index in [1.807, 2.05) is 0 Å². The quantitative estimate of drug-likeness (QED) is 0.794. The molecular formula is C7H7Br2NOS. The highest BCUT2D eigenvalue weighted by Crippen LogP contribution is 2.35. The zero-order valence-electron chi connectivity index (χ0n) is 6.22. The molecule has 0 aliphatic carbocycles. The summed E-state index contributed by atoms with van der Waals surface area (Å²) in [7, 11) is 0. The fourth-order valence-electron chi connectivity index (χ4n) is 1.20. The third-order valence-corrected chi connectivity index (χ3v) is 5.08. The van der Waals surface area contributed by atoms with Crippen LogP contribution in [0.3, 0.4) is 0 Å². The minimum atomic E-state index is 0.512. The number of hydrogen-bond donors (Lipinski definition) is 0. The van der Waals surface area contributed by atoms with E-state index in [4.69, 9.17) is 4.74 Å². The zero-order chi connectivity index (χ0) is 8.55. The van der Waals surface area contributed by atoms with Crippen LogP contribution in [0.4, 0.5) is 0 Å². The molecule has 0 saturated carbocycles. The Morgan fingerprint density at radius 1 is 1.50 bits per heavy atom. The Hall–Kier alpha value is 0.550. The Morgan fingerprint density at radius 3 is 2.83 bits per heavy atom. The monoisotopic (exact) mass is 311 g/mol. The van der Waals surface area contributed by atoms with E-state index >= 15 is 0 Å². The molecule has 1 aromatic heterocycles. The highest BCUT2D eigenvalue weighted by Gasteiger charge is 2.21. The molecule has 2 heterocycles. The Kier molecular flexibility index (Phi) is 2.84. The van der Waals surface area contributed by atoms with Gasteiger partial charge in [0.2, 0.25) is 0 Å². The molecule has 0 amide bonds. The van der Waals surface area contributed by atoms with Crippen LogP contribution >= 0.6 is 43.2 Å². The second-order valence-corrected chi connectivity index (χ2v) is 5.78. The van der Waals surface area contributed by atoms with Gasteiger partial charge >= 0.3 is 0 Å². The number of aromatic nitrogens is 1. The van der Waals surface area contributed by atoms with Gasteiger partial charge in [0.05, 0.1) is 6.61 Å². The summed E-state index contributed by atoms with van der Waals surface area (Å²) in [5, 5.41) is 1.17. The summed E-state index contributed by atoms with van der Waals surface area (Å²) >= 11 is 8.50. The third-order valence-electron chi connectivity index (χ3n) is 1.84. The summed E-state index contributed by atoms with van der Waals surface area (Å²) < 4.78 is 7.28. The van der Waals surface area contributed by atoms with Crippen LogP contribution in [0.25, 0.3) is 0 Å². The molecule has 0 aromatic carbocycles. The summed E-state index contributed by atoms with van der Waals surface area (Å²) in [5.41, 5.74) is 0. The van der Waals surface area contributed by atoms with Crippen molar-refractivity contribution in [1.29, 1.82) is 0 Å². The Bertz CT molecular complexity index is 263. The normalized spacial score (nSPS) is 23.3. The van der Waals surface area contributed by atoms with Gasteiger partial charge in [0.25, 0.3) is 0 Å². The first kappa shape index (κ1) is 9.12. The fraction of sp³-hybridized carbons (Fsp3) is 0.571. The van der Waals surface area contributed by atoms with Crippen molar-refractivity contribution < 1.29 is 4.74 Å². The molecule has 2 nitrogen and oxygen atoms in total. The first-order valence-electron chi connectivity index (χ1n) is 3.67.